The lowest BCUT2D eigenvalue weighted by Gasteiger charge is -2.23. The Hall–Kier alpha value is -2.63. The van der Waals surface area contributed by atoms with Crippen LogP contribution in [0.5, 0.6) is 0 Å². The molecule has 1 saturated heterocycles. The molecule has 1 aromatic carbocycles. The topological polar surface area (TPSA) is 75.4 Å². The molecule has 1 N–H and O–H groups in total. The Bertz CT molecular complexity index is 870. The highest BCUT2D eigenvalue weighted by molar-refractivity contribution is 5.79. The summed E-state index contributed by atoms with van der Waals surface area (Å²) in [5, 5.41) is 13.9. The summed E-state index contributed by atoms with van der Waals surface area (Å²) < 4.78 is 2.00. The smallest absolute Gasteiger partial charge is 0.308 e. The Kier molecular flexibility index (Phi) is 5.87. The van der Waals surface area contributed by atoms with Crippen molar-refractivity contribution in [2.24, 2.45) is 5.92 Å². The molecule has 1 amide bonds. The molecule has 0 saturated carbocycles. The van der Waals surface area contributed by atoms with E-state index in [0.717, 1.165) is 17.0 Å². The molecular formula is C22H29N3O3. The van der Waals surface area contributed by atoms with Crippen LogP contribution in [-0.2, 0) is 22.6 Å². The van der Waals surface area contributed by atoms with Crippen LogP contribution in [0.15, 0.2) is 24.3 Å². The van der Waals surface area contributed by atoms with Gasteiger partial charge in [-0.2, -0.15) is 5.10 Å². The molecule has 6 nitrogen and oxygen atoms in total. The Morgan fingerprint density at radius 2 is 1.86 bits per heavy atom. The molecule has 150 valence electrons. The van der Waals surface area contributed by atoms with Crippen molar-refractivity contribution in [3.63, 3.8) is 0 Å². The highest BCUT2D eigenvalue weighted by Gasteiger charge is 2.37. The van der Waals surface area contributed by atoms with Crippen molar-refractivity contribution in [3.8, 4) is 0 Å². The lowest BCUT2D eigenvalue weighted by molar-refractivity contribution is -0.143. The second-order valence-electron chi connectivity index (χ2n) is 7.85. The average molecular weight is 383 g/mol. The van der Waals surface area contributed by atoms with Crippen LogP contribution in [0.25, 0.3) is 0 Å². The summed E-state index contributed by atoms with van der Waals surface area (Å²) >= 11 is 0. The van der Waals surface area contributed by atoms with Gasteiger partial charge >= 0.3 is 5.97 Å². The van der Waals surface area contributed by atoms with E-state index in [1.54, 1.807) is 4.90 Å². The highest BCUT2D eigenvalue weighted by Crippen LogP contribution is 2.26. The number of hydrogen-bond acceptors (Lipinski definition) is 3. The van der Waals surface area contributed by atoms with Crippen LogP contribution in [0.1, 0.15) is 47.8 Å². The van der Waals surface area contributed by atoms with Gasteiger partial charge in [-0.05, 0) is 51.7 Å². The predicted octanol–water partition coefficient (Wildman–Crippen LogP) is 3.11. The Balaban J connectivity index is 1.65. The molecule has 1 aliphatic heterocycles. The lowest BCUT2D eigenvalue weighted by atomic mass is 10.0. The number of aliphatic carboxylic acids is 1. The van der Waals surface area contributed by atoms with E-state index in [2.05, 4.69) is 36.3 Å². The van der Waals surface area contributed by atoms with E-state index in [1.807, 2.05) is 25.5 Å². The van der Waals surface area contributed by atoms with Crippen molar-refractivity contribution >= 4 is 11.9 Å². The quantitative estimate of drug-likeness (QED) is 0.832. The minimum Gasteiger partial charge on any atom is -0.481 e. The Labute approximate surface area is 166 Å². The fourth-order valence-corrected chi connectivity index (χ4v) is 4.11. The number of carboxylic acid groups (broad SMARTS) is 1. The molecule has 3 rings (SSSR count). The molecule has 28 heavy (non-hydrogen) atoms. The van der Waals surface area contributed by atoms with Crippen LogP contribution in [0.2, 0.25) is 0 Å². The maximum absolute atomic E-state index is 12.7. The maximum atomic E-state index is 12.7. The number of carboxylic acids is 1. The van der Waals surface area contributed by atoms with Crippen molar-refractivity contribution in [2.45, 2.75) is 59.5 Å². The third-order valence-electron chi connectivity index (χ3n) is 5.97. The first-order chi connectivity index (χ1) is 13.3. The van der Waals surface area contributed by atoms with Crippen LogP contribution in [-0.4, -0.2) is 44.3 Å². The highest BCUT2D eigenvalue weighted by atomic mass is 16.4. The van der Waals surface area contributed by atoms with Gasteiger partial charge in [0, 0.05) is 24.7 Å². The first-order valence-corrected chi connectivity index (χ1v) is 9.88. The molecule has 2 heterocycles. The zero-order valence-corrected chi connectivity index (χ0v) is 17.1. The van der Waals surface area contributed by atoms with Gasteiger partial charge in [-0.25, -0.2) is 0 Å². The van der Waals surface area contributed by atoms with Crippen molar-refractivity contribution < 1.29 is 14.7 Å². The average Bonchev–Trinajstić information content (AvgIpc) is 3.15. The van der Waals surface area contributed by atoms with E-state index >= 15 is 0 Å². The van der Waals surface area contributed by atoms with E-state index in [1.165, 1.54) is 11.1 Å². The largest absolute Gasteiger partial charge is 0.481 e. The van der Waals surface area contributed by atoms with Gasteiger partial charge in [-0.1, -0.05) is 29.8 Å². The molecule has 6 heteroatoms. The molecule has 0 bridgehead atoms. The number of rotatable bonds is 6. The molecule has 2 aromatic rings. The van der Waals surface area contributed by atoms with Gasteiger partial charge in [0.05, 0.1) is 18.2 Å². The van der Waals surface area contributed by atoms with Crippen LogP contribution in [0, 0.1) is 26.7 Å². The van der Waals surface area contributed by atoms with Gasteiger partial charge in [0.1, 0.15) is 0 Å². The van der Waals surface area contributed by atoms with Gasteiger partial charge in [-0.3, -0.25) is 14.3 Å². The monoisotopic (exact) mass is 383 g/mol. The molecule has 1 fully saturated rings. The summed E-state index contributed by atoms with van der Waals surface area (Å²) in [5.41, 5.74) is 5.59. The Morgan fingerprint density at radius 3 is 2.46 bits per heavy atom. The second kappa shape index (κ2) is 8.17. The molecule has 0 radical (unpaired) electrons. The number of carbonyl (C=O) groups excluding carboxylic acids is 1. The summed E-state index contributed by atoms with van der Waals surface area (Å²) in [5.74, 6) is -1.24. The van der Waals surface area contributed by atoms with E-state index < -0.39 is 11.9 Å². The van der Waals surface area contributed by atoms with E-state index in [0.29, 0.717) is 32.4 Å². The number of benzene rings is 1. The summed E-state index contributed by atoms with van der Waals surface area (Å²) in [4.78, 5) is 25.6. The number of nitrogens with zero attached hydrogens (tertiary/aromatic N) is 3. The summed E-state index contributed by atoms with van der Waals surface area (Å²) in [6, 6.07) is 8.19. The summed E-state index contributed by atoms with van der Waals surface area (Å²) in [6.07, 6.45) is 1.55. The SMILES string of the molecule is Cc1ccc(Cn2nc(C)c(CCC(=O)N3CCC(C(=O)O)C3C)c2C)cc1. The van der Waals surface area contributed by atoms with Gasteiger partial charge in [0.25, 0.3) is 0 Å². The standard InChI is InChI=1S/C22H29N3O3/c1-14-5-7-18(8-6-14)13-25-17(4)19(15(2)23-25)9-10-21(26)24-12-11-20(16(24)3)22(27)28/h5-8,16,20H,9-13H2,1-4H3,(H,27,28). The number of hydrogen-bond donors (Lipinski definition) is 1. The van der Waals surface area contributed by atoms with Crippen molar-refractivity contribution in [3.05, 3.63) is 52.3 Å². The number of likely N-dealkylation sites (tertiary alicyclic amines) is 1. The van der Waals surface area contributed by atoms with Crippen LogP contribution < -0.4 is 0 Å². The van der Waals surface area contributed by atoms with Crippen LogP contribution in [0.3, 0.4) is 0 Å². The van der Waals surface area contributed by atoms with Crippen molar-refractivity contribution in [1.29, 1.82) is 0 Å². The lowest BCUT2D eigenvalue weighted by Crippen LogP contribution is -2.37. The van der Waals surface area contributed by atoms with Crippen molar-refractivity contribution in [1.82, 2.24) is 14.7 Å². The molecule has 1 aliphatic rings. The zero-order valence-electron chi connectivity index (χ0n) is 17.1. The maximum Gasteiger partial charge on any atom is 0.308 e. The molecule has 0 spiro atoms. The van der Waals surface area contributed by atoms with Crippen molar-refractivity contribution in [2.75, 3.05) is 6.54 Å². The molecule has 1 aromatic heterocycles. The minimum absolute atomic E-state index is 0.0290. The predicted molar refractivity (Wildman–Crippen MR) is 107 cm³/mol. The van der Waals surface area contributed by atoms with Gasteiger partial charge < -0.3 is 10.0 Å². The normalized spacial score (nSPS) is 19.2. The van der Waals surface area contributed by atoms with Gasteiger partial charge in [0.15, 0.2) is 0 Å². The first-order valence-electron chi connectivity index (χ1n) is 9.88. The third-order valence-corrected chi connectivity index (χ3v) is 5.97. The van der Waals surface area contributed by atoms with Crippen LogP contribution >= 0.6 is 0 Å². The number of amides is 1. The van der Waals surface area contributed by atoms with Gasteiger partial charge in [-0.15, -0.1) is 0 Å². The molecule has 0 aliphatic carbocycles. The fourth-order valence-electron chi connectivity index (χ4n) is 4.11. The summed E-state index contributed by atoms with van der Waals surface area (Å²) in [6.45, 7) is 9.18. The minimum atomic E-state index is -0.813. The van der Waals surface area contributed by atoms with E-state index in [9.17, 15) is 14.7 Å². The number of aryl methyl sites for hydroxylation is 2. The van der Waals surface area contributed by atoms with Crippen LogP contribution in [0.4, 0.5) is 0 Å². The molecular weight excluding hydrogens is 354 g/mol. The number of aromatic nitrogens is 2. The first kappa shape index (κ1) is 20.1. The fraction of sp³-hybridized carbons (Fsp3) is 0.500. The zero-order chi connectivity index (χ0) is 20.4. The second-order valence-corrected chi connectivity index (χ2v) is 7.85. The van der Waals surface area contributed by atoms with Gasteiger partial charge in [0.2, 0.25) is 5.91 Å². The Morgan fingerprint density at radius 1 is 1.18 bits per heavy atom. The third kappa shape index (κ3) is 4.11. The van der Waals surface area contributed by atoms with E-state index in [-0.39, 0.29) is 11.9 Å². The van der Waals surface area contributed by atoms with E-state index in [4.69, 9.17) is 0 Å². The number of carbonyl (C=O) groups is 2. The molecule has 2 unspecified atom stereocenters. The summed E-state index contributed by atoms with van der Waals surface area (Å²) in [7, 11) is 0. The molecule has 2 atom stereocenters.